The van der Waals surface area contributed by atoms with E-state index in [1.807, 2.05) is 13.0 Å². The molecule has 0 saturated carbocycles. The molecular weight excluding hydrogens is 194 g/mol. The van der Waals surface area contributed by atoms with Gasteiger partial charge in [0.2, 0.25) is 11.8 Å². The summed E-state index contributed by atoms with van der Waals surface area (Å²) in [7, 11) is 0.224. The van der Waals surface area contributed by atoms with Gasteiger partial charge in [-0.1, -0.05) is 19.6 Å². The van der Waals surface area contributed by atoms with Gasteiger partial charge in [-0.15, -0.1) is 0 Å². The Balaban J connectivity index is 2.92. The molecule has 78 valence electrons. The Bertz CT molecular complexity index is 322. The van der Waals surface area contributed by atoms with Crippen LogP contribution in [0.15, 0.2) is 6.07 Å². The fourth-order valence-corrected chi connectivity index (χ4v) is 1.82. The lowest BCUT2D eigenvalue weighted by molar-refractivity contribution is 0.397. The van der Waals surface area contributed by atoms with Crippen molar-refractivity contribution < 1.29 is 4.74 Å². The highest BCUT2D eigenvalue weighted by Crippen LogP contribution is 2.13. The Morgan fingerprint density at radius 2 is 1.93 bits per heavy atom. The average molecular weight is 211 g/mol. The normalized spacial score (nSPS) is 11.2. The second-order valence-corrected chi connectivity index (χ2v) is 9.00. The number of nitrogens with one attached hydrogen (secondary N) is 1. The number of aryl methyl sites for hydroxylation is 1. The number of rotatable bonds is 3. The van der Waals surface area contributed by atoms with Crippen molar-refractivity contribution in [1.29, 1.82) is 0 Å². The first-order valence-electron chi connectivity index (χ1n) is 4.58. The molecule has 0 aliphatic heterocycles. The van der Waals surface area contributed by atoms with Crippen LogP contribution in [0.2, 0.25) is 19.6 Å². The van der Waals surface area contributed by atoms with E-state index >= 15 is 0 Å². The Morgan fingerprint density at radius 1 is 1.29 bits per heavy atom. The van der Waals surface area contributed by atoms with Gasteiger partial charge in [-0.25, -0.2) is 4.98 Å². The SMILES string of the molecule is COc1cc(C)nc(N[Si](C)(C)C)n1. The molecule has 0 amide bonds. The van der Waals surface area contributed by atoms with E-state index in [0.29, 0.717) is 11.8 Å². The highest BCUT2D eigenvalue weighted by molar-refractivity contribution is 6.79. The predicted octanol–water partition coefficient (Wildman–Crippen LogP) is 2.04. The number of methoxy groups -OCH3 is 1. The van der Waals surface area contributed by atoms with Crippen LogP contribution in [0.4, 0.5) is 5.95 Å². The van der Waals surface area contributed by atoms with Gasteiger partial charge in [0, 0.05) is 11.8 Å². The monoisotopic (exact) mass is 211 g/mol. The van der Waals surface area contributed by atoms with Crippen LogP contribution in [0.5, 0.6) is 5.88 Å². The Hall–Kier alpha value is -1.10. The first-order chi connectivity index (χ1) is 6.40. The van der Waals surface area contributed by atoms with Gasteiger partial charge < -0.3 is 9.72 Å². The molecule has 1 rings (SSSR count). The van der Waals surface area contributed by atoms with Gasteiger partial charge in [-0.05, 0) is 6.92 Å². The summed E-state index contributed by atoms with van der Waals surface area (Å²) in [4.78, 5) is 11.9. The van der Waals surface area contributed by atoms with Crippen molar-refractivity contribution in [3.8, 4) is 5.88 Å². The fourth-order valence-electron chi connectivity index (χ4n) is 1.04. The summed E-state index contributed by atoms with van der Waals surface area (Å²) >= 11 is 0. The molecule has 0 radical (unpaired) electrons. The van der Waals surface area contributed by atoms with Crippen LogP contribution in [-0.4, -0.2) is 25.3 Å². The van der Waals surface area contributed by atoms with Crippen molar-refractivity contribution in [3.05, 3.63) is 11.8 Å². The van der Waals surface area contributed by atoms with Crippen molar-refractivity contribution in [1.82, 2.24) is 9.97 Å². The summed E-state index contributed by atoms with van der Waals surface area (Å²) in [5.74, 6) is 1.28. The average Bonchev–Trinajstić information content (AvgIpc) is 1.99. The molecule has 0 spiro atoms. The topological polar surface area (TPSA) is 47.0 Å². The molecule has 1 aromatic rings. The van der Waals surface area contributed by atoms with Gasteiger partial charge in [0.15, 0.2) is 0 Å². The molecule has 14 heavy (non-hydrogen) atoms. The lowest BCUT2D eigenvalue weighted by atomic mass is 10.4. The van der Waals surface area contributed by atoms with Gasteiger partial charge in [0.05, 0.1) is 7.11 Å². The molecule has 5 heteroatoms. The van der Waals surface area contributed by atoms with Crippen LogP contribution in [-0.2, 0) is 0 Å². The second kappa shape index (κ2) is 3.96. The van der Waals surface area contributed by atoms with E-state index in [-0.39, 0.29) is 0 Å². The Kier molecular flexibility index (Phi) is 3.10. The molecule has 1 aromatic heterocycles. The number of hydrogen-bond acceptors (Lipinski definition) is 4. The number of anilines is 1. The quantitative estimate of drug-likeness (QED) is 0.777. The zero-order valence-corrected chi connectivity index (χ0v) is 10.4. The maximum absolute atomic E-state index is 5.07. The summed E-state index contributed by atoms with van der Waals surface area (Å²) in [6.07, 6.45) is 0. The largest absolute Gasteiger partial charge is 0.481 e. The number of nitrogens with zero attached hydrogens (tertiary/aromatic N) is 2. The highest BCUT2D eigenvalue weighted by Gasteiger charge is 2.15. The fraction of sp³-hybridized carbons (Fsp3) is 0.556. The molecule has 0 atom stereocenters. The lowest BCUT2D eigenvalue weighted by Crippen LogP contribution is -2.33. The summed E-state index contributed by atoms with van der Waals surface area (Å²) in [5, 5.41) is 0. The van der Waals surface area contributed by atoms with Crippen molar-refractivity contribution in [2.75, 3.05) is 12.1 Å². The summed E-state index contributed by atoms with van der Waals surface area (Å²) in [6.45, 7) is 8.53. The van der Waals surface area contributed by atoms with Gasteiger partial charge >= 0.3 is 0 Å². The molecule has 0 fully saturated rings. The van der Waals surface area contributed by atoms with E-state index in [9.17, 15) is 0 Å². The molecule has 4 nitrogen and oxygen atoms in total. The lowest BCUT2D eigenvalue weighted by Gasteiger charge is -2.18. The first kappa shape index (κ1) is 11.0. The number of aromatic nitrogens is 2. The molecular formula is C9H17N3OSi. The van der Waals surface area contributed by atoms with E-state index in [1.54, 1.807) is 7.11 Å². The van der Waals surface area contributed by atoms with Crippen LogP contribution in [0, 0.1) is 6.92 Å². The maximum atomic E-state index is 5.07. The Morgan fingerprint density at radius 3 is 2.43 bits per heavy atom. The number of ether oxygens (including phenoxy) is 1. The van der Waals surface area contributed by atoms with Crippen LogP contribution in [0.3, 0.4) is 0 Å². The molecule has 0 unspecified atom stereocenters. The summed E-state index contributed by atoms with van der Waals surface area (Å²) in [6, 6.07) is 1.81. The van der Waals surface area contributed by atoms with Crippen LogP contribution in [0.25, 0.3) is 0 Å². The van der Waals surface area contributed by atoms with Gasteiger partial charge in [0.25, 0.3) is 0 Å². The van der Waals surface area contributed by atoms with Crippen molar-refractivity contribution in [2.45, 2.75) is 26.6 Å². The first-order valence-corrected chi connectivity index (χ1v) is 8.08. The third-order valence-electron chi connectivity index (χ3n) is 1.53. The number of hydrogen-bond donors (Lipinski definition) is 1. The van der Waals surface area contributed by atoms with Gasteiger partial charge in [0.1, 0.15) is 8.24 Å². The predicted molar refractivity (Wildman–Crippen MR) is 60.3 cm³/mol. The maximum Gasteiger partial charge on any atom is 0.218 e. The zero-order chi connectivity index (χ0) is 10.8. The van der Waals surface area contributed by atoms with E-state index in [4.69, 9.17) is 4.74 Å². The Labute approximate surface area is 85.8 Å². The molecule has 1 heterocycles. The minimum atomic E-state index is -1.39. The third kappa shape index (κ3) is 3.33. The highest BCUT2D eigenvalue weighted by atomic mass is 28.3. The molecule has 0 aromatic carbocycles. The minimum Gasteiger partial charge on any atom is -0.481 e. The van der Waals surface area contributed by atoms with Crippen molar-refractivity contribution in [2.24, 2.45) is 0 Å². The standard InChI is InChI=1S/C9H17N3OSi/c1-7-6-8(13-2)11-9(10-7)12-14(3,4)5/h6H,1-5H3,(H,10,11,12). The van der Waals surface area contributed by atoms with E-state index in [0.717, 1.165) is 5.69 Å². The van der Waals surface area contributed by atoms with Crippen LogP contribution in [0.1, 0.15) is 5.69 Å². The molecule has 1 N–H and O–H groups in total. The molecule has 0 bridgehead atoms. The summed E-state index contributed by atoms with van der Waals surface area (Å²) in [5.41, 5.74) is 0.914. The van der Waals surface area contributed by atoms with Gasteiger partial charge in [-0.3, -0.25) is 0 Å². The second-order valence-electron chi connectivity index (χ2n) is 4.25. The van der Waals surface area contributed by atoms with Crippen molar-refractivity contribution >= 4 is 14.2 Å². The van der Waals surface area contributed by atoms with E-state index in [2.05, 4.69) is 34.6 Å². The molecule has 0 aliphatic carbocycles. The van der Waals surface area contributed by atoms with E-state index in [1.165, 1.54) is 0 Å². The smallest absolute Gasteiger partial charge is 0.218 e. The molecule has 0 aliphatic rings. The van der Waals surface area contributed by atoms with E-state index < -0.39 is 8.24 Å². The zero-order valence-electron chi connectivity index (χ0n) is 9.38. The molecule has 0 saturated heterocycles. The van der Waals surface area contributed by atoms with Crippen LogP contribution < -0.4 is 9.72 Å². The summed E-state index contributed by atoms with van der Waals surface area (Å²) < 4.78 is 5.07. The third-order valence-corrected chi connectivity index (χ3v) is 2.50. The van der Waals surface area contributed by atoms with Gasteiger partial charge in [-0.2, -0.15) is 4.98 Å². The van der Waals surface area contributed by atoms with Crippen LogP contribution >= 0.6 is 0 Å². The van der Waals surface area contributed by atoms with Crippen molar-refractivity contribution in [3.63, 3.8) is 0 Å². The minimum absolute atomic E-state index is 0.609.